The van der Waals surface area contributed by atoms with E-state index < -0.39 is 28.8 Å². The molecule has 5 rings (SSSR count). The number of amides is 1. The molecule has 0 radical (unpaired) electrons. The Bertz CT molecular complexity index is 1300. The summed E-state index contributed by atoms with van der Waals surface area (Å²) in [6.45, 7) is 0. The molecule has 0 bridgehead atoms. The first-order chi connectivity index (χ1) is 14.9. The highest BCUT2D eigenvalue weighted by atomic mass is 19.1. The summed E-state index contributed by atoms with van der Waals surface area (Å²) in [5.74, 6) is -2.34. The van der Waals surface area contributed by atoms with Crippen molar-refractivity contribution in [2.24, 2.45) is 0 Å². The molecule has 31 heavy (non-hydrogen) atoms. The first-order valence-electron chi connectivity index (χ1n) is 10.1. The number of aromatic carboxylic acids is 1. The number of benzene rings is 2. The van der Waals surface area contributed by atoms with Gasteiger partial charge in [0.15, 0.2) is 0 Å². The van der Waals surface area contributed by atoms with E-state index in [9.17, 15) is 19.5 Å². The summed E-state index contributed by atoms with van der Waals surface area (Å²) in [5.41, 5.74) is 0.561. The average Bonchev–Trinajstić information content (AvgIpc) is 3.57. The number of nitrogens with one attached hydrogen (secondary N) is 1. The highest BCUT2D eigenvalue weighted by Crippen LogP contribution is 2.44. The van der Waals surface area contributed by atoms with Gasteiger partial charge in [-0.1, -0.05) is 30.3 Å². The van der Waals surface area contributed by atoms with Gasteiger partial charge in [-0.05, 0) is 24.5 Å². The smallest absolute Gasteiger partial charge is 0.341 e. The van der Waals surface area contributed by atoms with Crippen molar-refractivity contribution in [3.63, 3.8) is 0 Å². The monoisotopic (exact) mass is 421 g/mol. The van der Waals surface area contributed by atoms with Crippen molar-refractivity contribution in [3.8, 4) is 0 Å². The SMILES string of the molecule is CN1c2c(F)cc3c(=O)c(C(=O)O)cn(C4CC4)c3c2NC(=O)C1Cc1ccccc1. The Morgan fingerprint density at radius 1 is 1.23 bits per heavy atom. The lowest BCUT2D eigenvalue weighted by molar-refractivity contribution is -0.117. The molecule has 2 aromatic carbocycles. The van der Waals surface area contributed by atoms with Crippen molar-refractivity contribution in [1.82, 2.24) is 4.57 Å². The van der Waals surface area contributed by atoms with E-state index in [1.54, 1.807) is 16.5 Å². The molecule has 2 heterocycles. The zero-order chi connectivity index (χ0) is 21.9. The van der Waals surface area contributed by atoms with Crippen LogP contribution in [-0.2, 0) is 11.2 Å². The van der Waals surface area contributed by atoms with Crippen LogP contribution < -0.4 is 15.6 Å². The lowest BCUT2D eigenvalue weighted by Crippen LogP contribution is -2.48. The normalized spacial score (nSPS) is 18.1. The third kappa shape index (κ3) is 3.06. The number of halogens is 1. The second kappa shape index (κ2) is 6.94. The predicted molar refractivity (Wildman–Crippen MR) is 114 cm³/mol. The van der Waals surface area contributed by atoms with Crippen LogP contribution in [0.1, 0.15) is 34.8 Å². The molecule has 1 amide bonds. The molecule has 2 N–H and O–H groups in total. The third-order valence-corrected chi connectivity index (χ3v) is 6.06. The number of aromatic nitrogens is 1. The van der Waals surface area contributed by atoms with Gasteiger partial charge in [0.1, 0.15) is 17.4 Å². The van der Waals surface area contributed by atoms with Crippen LogP contribution in [-0.4, -0.2) is 34.6 Å². The van der Waals surface area contributed by atoms with E-state index in [1.807, 2.05) is 30.3 Å². The van der Waals surface area contributed by atoms with Crippen molar-refractivity contribution < 1.29 is 19.1 Å². The minimum Gasteiger partial charge on any atom is -0.477 e. The van der Waals surface area contributed by atoms with Crippen LogP contribution in [0.4, 0.5) is 15.8 Å². The lowest BCUT2D eigenvalue weighted by atomic mass is 9.99. The van der Waals surface area contributed by atoms with Gasteiger partial charge < -0.3 is 19.9 Å². The van der Waals surface area contributed by atoms with Gasteiger partial charge in [-0.15, -0.1) is 0 Å². The molecule has 1 atom stereocenters. The molecule has 1 unspecified atom stereocenters. The van der Waals surface area contributed by atoms with E-state index in [2.05, 4.69) is 5.32 Å². The number of carbonyl (C=O) groups excluding carboxylic acids is 1. The number of nitrogens with zero attached hydrogens (tertiary/aromatic N) is 2. The number of carboxylic acid groups (broad SMARTS) is 1. The fourth-order valence-electron chi connectivity index (χ4n) is 4.34. The predicted octanol–water partition coefficient (Wildman–Crippen LogP) is 3.17. The van der Waals surface area contributed by atoms with Crippen molar-refractivity contribution in [2.45, 2.75) is 31.3 Å². The summed E-state index contributed by atoms with van der Waals surface area (Å²) in [7, 11) is 1.66. The van der Waals surface area contributed by atoms with Gasteiger partial charge in [-0.3, -0.25) is 9.59 Å². The van der Waals surface area contributed by atoms with Gasteiger partial charge in [0.05, 0.1) is 22.3 Å². The molecule has 158 valence electrons. The number of fused-ring (bicyclic) bond motifs is 3. The number of pyridine rings is 1. The van der Waals surface area contributed by atoms with Crippen LogP contribution in [0.2, 0.25) is 0 Å². The van der Waals surface area contributed by atoms with Gasteiger partial charge >= 0.3 is 5.97 Å². The van der Waals surface area contributed by atoms with Gasteiger partial charge in [-0.2, -0.15) is 0 Å². The van der Waals surface area contributed by atoms with E-state index in [4.69, 9.17) is 0 Å². The Morgan fingerprint density at radius 2 is 1.94 bits per heavy atom. The molecule has 1 aromatic heterocycles. The fraction of sp³-hybridized carbons (Fsp3) is 0.261. The van der Waals surface area contributed by atoms with Crippen LogP contribution in [0.25, 0.3) is 10.9 Å². The zero-order valence-corrected chi connectivity index (χ0v) is 16.8. The van der Waals surface area contributed by atoms with Gasteiger partial charge in [-0.25, -0.2) is 9.18 Å². The minimum atomic E-state index is -1.36. The zero-order valence-electron chi connectivity index (χ0n) is 16.8. The molecule has 1 aliphatic carbocycles. The van der Waals surface area contributed by atoms with Crippen LogP contribution in [0.5, 0.6) is 0 Å². The van der Waals surface area contributed by atoms with Crippen molar-refractivity contribution in [3.05, 3.63) is 69.8 Å². The molecule has 3 aromatic rings. The maximum Gasteiger partial charge on any atom is 0.341 e. The van der Waals surface area contributed by atoms with E-state index in [1.165, 1.54) is 6.20 Å². The van der Waals surface area contributed by atoms with Gasteiger partial charge in [0.2, 0.25) is 11.3 Å². The summed E-state index contributed by atoms with van der Waals surface area (Å²) in [6.07, 6.45) is 3.35. The van der Waals surface area contributed by atoms with E-state index in [-0.39, 0.29) is 28.7 Å². The Morgan fingerprint density at radius 3 is 2.58 bits per heavy atom. The van der Waals surface area contributed by atoms with E-state index >= 15 is 4.39 Å². The fourth-order valence-corrected chi connectivity index (χ4v) is 4.34. The molecular formula is C23H20FN3O4. The number of carbonyl (C=O) groups is 2. The number of rotatable bonds is 4. The Labute approximate surface area is 176 Å². The van der Waals surface area contributed by atoms with Crippen molar-refractivity contribution in [2.75, 3.05) is 17.3 Å². The van der Waals surface area contributed by atoms with E-state index in [0.29, 0.717) is 11.9 Å². The summed E-state index contributed by atoms with van der Waals surface area (Å²) in [4.78, 5) is 39.0. The molecule has 8 heteroatoms. The quantitative estimate of drug-likeness (QED) is 0.675. The Hall–Kier alpha value is -3.68. The second-order valence-electron chi connectivity index (χ2n) is 8.10. The van der Waals surface area contributed by atoms with E-state index in [0.717, 1.165) is 24.5 Å². The largest absolute Gasteiger partial charge is 0.477 e. The first kappa shape index (κ1) is 19.3. The summed E-state index contributed by atoms with van der Waals surface area (Å²) >= 11 is 0. The number of carboxylic acids is 1. The number of anilines is 2. The molecule has 1 fully saturated rings. The molecule has 7 nitrogen and oxygen atoms in total. The summed E-state index contributed by atoms with van der Waals surface area (Å²) in [6, 6.07) is 9.95. The molecule has 1 aliphatic heterocycles. The molecule has 0 saturated heterocycles. The minimum absolute atomic E-state index is 0.0139. The Kier molecular flexibility index (Phi) is 4.32. The average molecular weight is 421 g/mol. The lowest BCUT2D eigenvalue weighted by Gasteiger charge is -2.36. The second-order valence-corrected chi connectivity index (χ2v) is 8.10. The highest BCUT2D eigenvalue weighted by molar-refractivity contribution is 6.12. The topological polar surface area (TPSA) is 91.6 Å². The van der Waals surface area contributed by atoms with Gasteiger partial charge in [0.25, 0.3) is 0 Å². The van der Waals surface area contributed by atoms with Crippen molar-refractivity contribution in [1.29, 1.82) is 0 Å². The first-order valence-corrected chi connectivity index (χ1v) is 10.1. The maximum absolute atomic E-state index is 15.3. The molecule has 1 saturated carbocycles. The molecule has 0 spiro atoms. The van der Waals surface area contributed by atoms with Gasteiger partial charge in [0, 0.05) is 25.7 Å². The highest BCUT2D eigenvalue weighted by Gasteiger charge is 2.37. The number of hydrogen-bond donors (Lipinski definition) is 2. The molecular weight excluding hydrogens is 401 g/mol. The standard InChI is InChI=1S/C23H20FN3O4/c1-26-17(9-12-5-3-2-4-6-12)22(29)25-18-19-14(10-16(24)20(18)26)21(28)15(23(30)31)11-27(19)13-7-8-13/h2-6,10-11,13,17H,7-9H2,1H3,(H,25,29)(H,30,31). The molecule has 2 aliphatic rings. The summed E-state index contributed by atoms with van der Waals surface area (Å²) < 4.78 is 17.0. The Balaban J connectivity index is 1.71. The van der Waals surface area contributed by atoms with Crippen LogP contribution in [0, 0.1) is 5.82 Å². The maximum atomic E-state index is 15.3. The van der Waals surface area contributed by atoms with Crippen LogP contribution in [0.3, 0.4) is 0 Å². The van der Waals surface area contributed by atoms with Crippen LogP contribution in [0.15, 0.2) is 47.4 Å². The summed E-state index contributed by atoms with van der Waals surface area (Å²) in [5, 5.41) is 12.2. The number of hydrogen-bond acceptors (Lipinski definition) is 4. The van der Waals surface area contributed by atoms with Crippen LogP contribution >= 0.6 is 0 Å². The van der Waals surface area contributed by atoms with Crippen molar-refractivity contribution >= 4 is 34.2 Å². The number of likely N-dealkylation sites (N-methyl/N-ethyl adjacent to an activating group) is 1. The third-order valence-electron chi connectivity index (χ3n) is 6.06.